The molecule has 0 spiro atoms. The lowest BCUT2D eigenvalue weighted by atomic mass is 10.2. The number of pyridine rings is 1. The summed E-state index contributed by atoms with van der Waals surface area (Å²) in [6.07, 6.45) is 8.56. The molecule has 1 unspecified atom stereocenters. The molecule has 1 N–H and O–H groups in total. The summed E-state index contributed by atoms with van der Waals surface area (Å²) in [5, 5.41) is 13.5. The van der Waals surface area contributed by atoms with Crippen LogP contribution in [0.3, 0.4) is 0 Å². The molecule has 1 aliphatic rings. The Hall–Kier alpha value is -3.24. The van der Waals surface area contributed by atoms with Gasteiger partial charge in [-0.3, -0.25) is 9.88 Å². The van der Waals surface area contributed by atoms with Crippen LogP contribution in [-0.2, 0) is 6.42 Å². The van der Waals surface area contributed by atoms with Crippen LogP contribution >= 0.6 is 11.3 Å². The summed E-state index contributed by atoms with van der Waals surface area (Å²) in [7, 11) is 0. The molecule has 0 amide bonds. The topological polar surface area (TPSA) is 77.2 Å². The van der Waals surface area contributed by atoms with E-state index >= 15 is 0 Å². The fourth-order valence-electron chi connectivity index (χ4n) is 2.96. The standard InChI is InChI=1S/C20H18N6S/c21-10-7-16-9-13-24-19(23-12-8-15-4-3-11-22-14-15)26(16)20-25-17-5-1-2-6-18(17)27-20/h1-6,9,11,13-14,16H,7-8,12H2,(H,23,24). The molecule has 0 saturated heterocycles. The Kier molecular flexibility index (Phi) is 5.08. The number of hydrogen-bond acceptors (Lipinski definition) is 7. The Morgan fingerprint density at radius 2 is 2.15 bits per heavy atom. The van der Waals surface area contributed by atoms with E-state index in [1.807, 2.05) is 41.4 Å². The van der Waals surface area contributed by atoms with Crippen LogP contribution in [0.25, 0.3) is 10.2 Å². The van der Waals surface area contributed by atoms with Gasteiger partial charge in [0.25, 0.3) is 0 Å². The summed E-state index contributed by atoms with van der Waals surface area (Å²) >= 11 is 1.61. The number of anilines is 1. The molecule has 6 nitrogen and oxygen atoms in total. The zero-order valence-electron chi connectivity index (χ0n) is 14.6. The number of rotatable bonds is 5. The first-order valence-electron chi connectivity index (χ1n) is 8.74. The third-order valence-corrected chi connectivity index (χ3v) is 5.31. The van der Waals surface area contributed by atoms with E-state index in [4.69, 9.17) is 4.98 Å². The zero-order valence-corrected chi connectivity index (χ0v) is 15.4. The summed E-state index contributed by atoms with van der Waals surface area (Å²) in [5.74, 6) is 0.723. The van der Waals surface area contributed by atoms with Gasteiger partial charge in [-0.1, -0.05) is 29.5 Å². The normalized spacial score (nSPS) is 16.2. The molecule has 0 fully saturated rings. The predicted molar refractivity (Wildman–Crippen MR) is 109 cm³/mol. The van der Waals surface area contributed by atoms with Crippen LogP contribution in [0, 0.1) is 11.3 Å². The van der Waals surface area contributed by atoms with Crippen LogP contribution in [-0.4, -0.2) is 28.5 Å². The number of nitrogens with one attached hydrogen (secondary N) is 1. The van der Waals surface area contributed by atoms with E-state index in [1.54, 1.807) is 23.7 Å². The molecule has 2 aromatic heterocycles. The Morgan fingerprint density at radius 3 is 2.96 bits per heavy atom. The van der Waals surface area contributed by atoms with E-state index < -0.39 is 0 Å². The van der Waals surface area contributed by atoms with Gasteiger partial charge in [-0.15, -0.1) is 0 Å². The number of benzene rings is 1. The molecule has 3 aromatic rings. The van der Waals surface area contributed by atoms with Crippen molar-refractivity contribution in [3.63, 3.8) is 0 Å². The number of nitrogens with zero attached hydrogens (tertiary/aromatic N) is 5. The molecule has 1 aliphatic heterocycles. The second kappa shape index (κ2) is 7.98. The maximum Gasteiger partial charge on any atom is 0.205 e. The van der Waals surface area contributed by atoms with Crippen molar-refractivity contribution in [2.24, 2.45) is 4.99 Å². The highest BCUT2D eigenvalue weighted by Gasteiger charge is 2.27. The molecule has 0 radical (unpaired) electrons. The molecule has 0 aliphatic carbocycles. The Bertz CT molecular complexity index is 985. The van der Waals surface area contributed by atoms with Crippen molar-refractivity contribution in [1.82, 2.24) is 15.3 Å². The van der Waals surface area contributed by atoms with E-state index in [2.05, 4.69) is 33.5 Å². The van der Waals surface area contributed by atoms with Gasteiger partial charge in [-0.25, -0.2) is 9.98 Å². The highest BCUT2D eigenvalue weighted by Crippen LogP contribution is 2.31. The summed E-state index contributed by atoms with van der Waals surface area (Å²) < 4.78 is 1.12. The number of para-hydroxylation sites is 1. The smallest absolute Gasteiger partial charge is 0.205 e. The first-order chi connectivity index (χ1) is 13.3. The SMILES string of the molecule is N#CCC1C=CN=C(NCCc2cccnc2)N1c1nc2ccccc2s1. The monoisotopic (exact) mass is 374 g/mol. The lowest BCUT2D eigenvalue weighted by Crippen LogP contribution is -2.48. The fraction of sp³-hybridized carbons (Fsp3) is 0.200. The van der Waals surface area contributed by atoms with Gasteiger partial charge in [-0.05, 0) is 36.3 Å². The van der Waals surface area contributed by atoms with Crippen molar-refractivity contribution in [2.75, 3.05) is 11.4 Å². The van der Waals surface area contributed by atoms with Crippen molar-refractivity contribution < 1.29 is 0 Å². The van der Waals surface area contributed by atoms with Gasteiger partial charge in [0.05, 0.1) is 28.7 Å². The highest BCUT2D eigenvalue weighted by atomic mass is 32.1. The van der Waals surface area contributed by atoms with Gasteiger partial charge in [-0.2, -0.15) is 5.26 Å². The summed E-state index contributed by atoms with van der Waals surface area (Å²) in [4.78, 5) is 15.4. The van der Waals surface area contributed by atoms with Crippen LogP contribution in [0.1, 0.15) is 12.0 Å². The van der Waals surface area contributed by atoms with E-state index in [-0.39, 0.29) is 6.04 Å². The molecule has 1 aromatic carbocycles. The number of aliphatic imine (C=N–C) groups is 1. The second-order valence-electron chi connectivity index (χ2n) is 6.10. The number of guanidine groups is 1. The predicted octanol–water partition coefficient (Wildman–Crippen LogP) is 3.50. The molecule has 0 bridgehead atoms. The van der Waals surface area contributed by atoms with Crippen molar-refractivity contribution in [2.45, 2.75) is 18.9 Å². The molecular weight excluding hydrogens is 356 g/mol. The van der Waals surface area contributed by atoms with E-state index in [1.165, 1.54) is 0 Å². The molecule has 27 heavy (non-hydrogen) atoms. The fourth-order valence-corrected chi connectivity index (χ4v) is 3.99. The molecular formula is C20H18N6S. The maximum absolute atomic E-state index is 9.24. The summed E-state index contributed by atoms with van der Waals surface area (Å²) in [6, 6.07) is 14.2. The largest absolute Gasteiger partial charge is 0.355 e. The minimum absolute atomic E-state index is 0.0889. The minimum atomic E-state index is -0.0889. The zero-order chi connectivity index (χ0) is 18.5. The van der Waals surface area contributed by atoms with Crippen molar-refractivity contribution in [1.29, 1.82) is 5.26 Å². The van der Waals surface area contributed by atoms with Gasteiger partial charge in [0.15, 0.2) is 5.13 Å². The Labute approximate surface area is 161 Å². The lowest BCUT2D eigenvalue weighted by molar-refractivity contribution is 0.757. The average Bonchev–Trinajstić information content (AvgIpc) is 3.13. The number of fused-ring (bicyclic) bond motifs is 1. The molecule has 1 atom stereocenters. The third kappa shape index (κ3) is 3.81. The van der Waals surface area contributed by atoms with E-state index in [0.717, 1.165) is 39.8 Å². The first kappa shape index (κ1) is 17.2. The minimum Gasteiger partial charge on any atom is -0.355 e. The quantitative estimate of drug-likeness (QED) is 0.740. The van der Waals surface area contributed by atoms with Gasteiger partial charge in [0.2, 0.25) is 5.96 Å². The molecule has 7 heteroatoms. The van der Waals surface area contributed by atoms with Crippen molar-refractivity contribution in [3.8, 4) is 6.07 Å². The highest BCUT2D eigenvalue weighted by molar-refractivity contribution is 7.22. The molecule has 0 saturated carbocycles. The van der Waals surface area contributed by atoms with Crippen LogP contribution in [0.5, 0.6) is 0 Å². The number of nitriles is 1. The van der Waals surface area contributed by atoms with Gasteiger partial charge < -0.3 is 5.32 Å². The Morgan fingerprint density at radius 1 is 1.22 bits per heavy atom. The van der Waals surface area contributed by atoms with Crippen LogP contribution in [0.2, 0.25) is 0 Å². The van der Waals surface area contributed by atoms with Gasteiger partial charge in [0.1, 0.15) is 0 Å². The average molecular weight is 374 g/mol. The second-order valence-corrected chi connectivity index (χ2v) is 7.11. The summed E-state index contributed by atoms with van der Waals surface area (Å²) in [6.45, 7) is 0.721. The molecule has 3 heterocycles. The Balaban J connectivity index is 1.57. The van der Waals surface area contributed by atoms with Crippen LogP contribution in [0.15, 0.2) is 66.1 Å². The van der Waals surface area contributed by atoms with Gasteiger partial charge >= 0.3 is 0 Å². The summed E-state index contributed by atoms with van der Waals surface area (Å²) in [5.41, 5.74) is 2.12. The van der Waals surface area contributed by atoms with E-state index in [0.29, 0.717) is 6.42 Å². The molecule has 4 rings (SSSR count). The van der Waals surface area contributed by atoms with Crippen molar-refractivity contribution in [3.05, 3.63) is 66.6 Å². The molecule has 134 valence electrons. The number of hydrogen-bond donors (Lipinski definition) is 1. The van der Waals surface area contributed by atoms with E-state index in [9.17, 15) is 5.26 Å². The number of thiazole rings is 1. The van der Waals surface area contributed by atoms with Crippen molar-refractivity contribution >= 4 is 32.6 Å². The van der Waals surface area contributed by atoms with Crippen LogP contribution < -0.4 is 10.2 Å². The number of aromatic nitrogens is 2. The lowest BCUT2D eigenvalue weighted by Gasteiger charge is -2.31. The first-order valence-corrected chi connectivity index (χ1v) is 9.56. The maximum atomic E-state index is 9.24. The third-order valence-electron chi connectivity index (χ3n) is 4.27. The van der Waals surface area contributed by atoms with Gasteiger partial charge in [0, 0.05) is 25.1 Å². The van der Waals surface area contributed by atoms with Crippen LogP contribution in [0.4, 0.5) is 5.13 Å².